The van der Waals surface area contributed by atoms with Crippen molar-refractivity contribution in [2.45, 2.75) is 20.3 Å². The first kappa shape index (κ1) is 11.9. The van der Waals surface area contributed by atoms with Gasteiger partial charge in [0.15, 0.2) is 0 Å². The van der Waals surface area contributed by atoms with Crippen molar-refractivity contribution in [3.63, 3.8) is 0 Å². The summed E-state index contributed by atoms with van der Waals surface area (Å²) in [5.41, 5.74) is 3.09. The van der Waals surface area contributed by atoms with Gasteiger partial charge in [0.2, 0.25) is 0 Å². The Morgan fingerprint density at radius 2 is 1.26 bits per heavy atom. The molecule has 0 amide bonds. The van der Waals surface area contributed by atoms with E-state index in [1.165, 1.54) is 27.1 Å². The van der Waals surface area contributed by atoms with Crippen LogP contribution in [0.4, 0.5) is 0 Å². The fourth-order valence-corrected chi connectivity index (χ4v) is 3.00. The van der Waals surface area contributed by atoms with Crippen LogP contribution in [0, 0.1) is 5.41 Å². The van der Waals surface area contributed by atoms with E-state index in [4.69, 9.17) is 5.41 Å². The van der Waals surface area contributed by atoms with Crippen molar-refractivity contribution in [1.29, 1.82) is 5.41 Å². The van der Waals surface area contributed by atoms with E-state index in [1.807, 2.05) is 6.92 Å². The second-order valence-electron chi connectivity index (χ2n) is 4.92. The molecule has 1 N–H and O–H groups in total. The molecule has 1 heteroatoms. The van der Waals surface area contributed by atoms with Gasteiger partial charge in [-0.1, -0.05) is 55.5 Å². The molecule has 94 valence electrons. The zero-order valence-corrected chi connectivity index (χ0v) is 11.3. The Hall–Kier alpha value is -2.15. The summed E-state index contributed by atoms with van der Waals surface area (Å²) in [5.74, 6) is 0. The van der Waals surface area contributed by atoms with Crippen molar-refractivity contribution in [3.05, 3.63) is 59.7 Å². The Balaban J connectivity index is 2.65. The van der Waals surface area contributed by atoms with E-state index in [0.29, 0.717) is 5.71 Å². The molecular formula is C18H17N. The van der Waals surface area contributed by atoms with Gasteiger partial charge in [-0.25, -0.2) is 0 Å². The molecule has 0 heterocycles. The quantitative estimate of drug-likeness (QED) is 0.489. The largest absolute Gasteiger partial charge is 0.305 e. The van der Waals surface area contributed by atoms with Gasteiger partial charge in [-0.2, -0.15) is 0 Å². The molecule has 0 aliphatic carbocycles. The lowest BCUT2D eigenvalue weighted by atomic mass is 9.89. The zero-order valence-electron chi connectivity index (χ0n) is 11.3. The summed E-state index contributed by atoms with van der Waals surface area (Å²) in [6, 6.07) is 16.9. The Kier molecular flexibility index (Phi) is 2.83. The number of fused-ring (bicyclic) bond motifs is 2. The molecule has 0 unspecified atom stereocenters. The maximum absolute atomic E-state index is 8.13. The van der Waals surface area contributed by atoms with Crippen LogP contribution in [0.1, 0.15) is 25.0 Å². The highest BCUT2D eigenvalue weighted by Gasteiger charge is 2.13. The van der Waals surface area contributed by atoms with E-state index in [0.717, 1.165) is 12.0 Å². The second kappa shape index (κ2) is 4.51. The van der Waals surface area contributed by atoms with E-state index < -0.39 is 0 Å². The highest BCUT2D eigenvalue weighted by atomic mass is 14.4. The summed E-state index contributed by atoms with van der Waals surface area (Å²) in [6.07, 6.45) is 1.01. The third kappa shape index (κ3) is 1.74. The molecule has 0 atom stereocenters. The predicted octanol–water partition coefficient (Wildman–Crippen LogP) is 4.94. The minimum absolute atomic E-state index is 0.634. The van der Waals surface area contributed by atoms with Crippen molar-refractivity contribution in [2.75, 3.05) is 0 Å². The van der Waals surface area contributed by atoms with Crippen LogP contribution in [0.25, 0.3) is 21.5 Å². The van der Waals surface area contributed by atoms with Gasteiger partial charge in [-0.05, 0) is 40.5 Å². The van der Waals surface area contributed by atoms with Gasteiger partial charge in [0.1, 0.15) is 0 Å². The van der Waals surface area contributed by atoms with E-state index in [9.17, 15) is 0 Å². The number of hydrogen-bond acceptors (Lipinski definition) is 1. The van der Waals surface area contributed by atoms with Gasteiger partial charge in [0.25, 0.3) is 0 Å². The predicted molar refractivity (Wildman–Crippen MR) is 83.3 cm³/mol. The molecule has 0 spiro atoms. The molecule has 0 saturated carbocycles. The van der Waals surface area contributed by atoms with Gasteiger partial charge in [-0.15, -0.1) is 0 Å². The van der Waals surface area contributed by atoms with Crippen LogP contribution in [0.2, 0.25) is 0 Å². The highest BCUT2D eigenvalue weighted by molar-refractivity contribution is 6.20. The van der Waals surface area contributed by atoms with Crippen LogP contribution in [-0.4, -0.2) is 5.71 Å². The third-order valence-electron chi connectivity index (χ3n) is 3.77. The highest BCUT2D eigenvalue weighted by Crippen LogP contribution is 2.33. The molecule has 0 aliphatic rings. The summed E-state index contributed by atoms with van der Waals surface area (Å²) in [6.45, 7) is 4.07. The van der Waals surface area contributed by atoms with Crippen molar-refractivity contribution < 1.29 is 0 Å². The summed E-state index contributed by atoms with van der Waals surface area (Å²) >= 11 is 0. The fourth-order valence-electron chi connectivity index (χ4n) is 3.00. The first-order chi connectivity index (χ1) is 9.24. The van der Waals surface area contributed by atoms with Gasteiger partial charge >= 0.3 is 0 Å². The Bertz CT molecular complexity index is 727. The molecule has 1 nitrogen and oxygen atoms in total. The van der Waals surface area contributed by atoms with Crippen LogP contribution >= 0.6 is 0 Å². The average Bonchev–Trinajstić information content (AvgIpc) is 2.44. The summed E-state index contributed by atoms with van der Waals surface area (Å²) in [4.78, 5) is 0. The first-order valence-corrected chi connectivity index (χ1v) is 6.72. The smallest absolute Gasteiger partial charge is 0.0367 e. The summed E-state index contributed by atoms with van der Waals surface area (Å²) in [7, 11) is 0. The molecule has 0 saturated heterocycles. The molecule has 19 heavy (non-hydrogen) atoms. The monoisotopic (exact) mass is 247 g/mol. The van der Waals surface area contributed by atoms with Crippen molar-refractivity contribution in [3.8, 4) is 0 Å². The zero-order chi connectivity index (χ0) is 13.4. The van der Waals surface area contributed by atoms with E-state index in [-0.39, 0.29) is 0 Å². The average molecular weight is 247 g/mol. The summed E-state index contributed by atoms with van der Waals surface area (Å²) < 4.78 is 0. The van der Waals surface area contributed by atoms with Crippen molar-refractivity contribution >= 4 is 27.3 Å². The molecule has 3 rings (SSSR count). The Morgan fingerprint density at radius 3 is 1.63 bits per heavy atom. The number of aryl methyl sites for hydroxylation is 1. The fraction of sp³-hybridized carbons (Fsp3) is 0.167. The lowest BCUT2D eigenvalue weighted by Crippen LogP contribution is -1.99. The van der Waals surface area contributed by atoms with E-state index in [1.54, 1.807) is 0 Å². The second-order valence-corrected chi connectivity index (χ2v) is 4.92. The summed E-state index contributed by atoms with van der Waals surface area (Å²) in [5, 5.41) is 13.1. The first-order valence-electron chi connectivity index (χ1n) is 6.72. The maximum Gasteiger partial charge on any atom is 0.0367 e. The lowest BCUT2D eigenvalue weighted by Gasteiger charge is -2.15. The third-order valence-corrected chi connectivity index (χ3v) is 3.77. The molecule has 0 fully saturated rings. The van der Waals surface area contributed by atoms with Crippen LogP contribution in [-0.2, 0) is 6.42 Å². The lowest BCUT2D eigenvalue weighted by molar-refractivity contribution is 1.18. The Morgan fingerprint density at radius 1 is 0.842 bits per heavy atom. The molecule has 0 radical (unpaired) electrons. The molecule has 0 aromatic heterocycles. The molecule has 3 aromatic rings. The Labute approximate surface area is 113 Å². The minimum atomic E-state index is 0.634. The van der Waals surface area contributed by atoms with Crippen molar-refractivity contribution in [2.24, 2.45) is 0 Å². The van der Waals surface area contributed by atoms with E-state index >= 15 is 0 Å². The van der Waals surface area contributed by atoms with Crippen LogP contribution in [0.15, 0.2) is 48.5 Å². The number of nitrogens with one attached hydrogen (secondary N) is 1. The van der Waals surface area contributed by atoms with Gasteiger partial charge in [-0.3, -0.25) is 0 Å². The number of rotatable bonds is 2. The van der Waals surface area contributed by atoms with E-state index in [2.05, 4.69) is 55.5 Å². The number of hydrogen-bond donors (Lipinski definition) is 1. The molecule has 3 aromatic carbocycles. The SMILES string of the molecule is CCc1c2ccccc2c(C(C)=N)c2ccccc12. The van der Waals surface area contributed by atoms with Crippen LogP contribution < -0.4 is 0 Å². The molecule has 0 bridgehead atoms. The van der Waals surface area contributed by atoms with Crippen LogP contribution in [0.3, 0.4) is 0 Å². The van der Waals surface area contributed by atoms with Gasteiger partial charge < -0.3 is 5.41 Å². The topological polar surface area (TPSA) is 23.9 Å². The molecular weight excluding hydrogens is 230 g/mol. The number of benzene rings is 3. The van der Waals surface area contributed by atoms with Crippen LogP contribution in [0.5, 0.6) is 0 Å². The maximum atomic E-state index is 8.13. The van der Waals surface area contributed by atoms with Crippen molar-refractivity contribution in [1.82, 2.24) is 0 Å². The minimum Gasteiger partial charge on any atom is -0.305 e. The van der Waals surface area contributed by atoms with Gasteiger partial charge in [0, 0.05) is 11.3 Å². The normalized spacial score (nSPS) is 11.1. The molecule has 0 aliphatic heterocycles. The standard InChI is InChI=1S/C18H17N/c1-3-13-14-8-4-6-10-16(14)18(12(2)19)17-11-7-5-9-15(13)17/h4-11,19H,3H2,1-2H3. The van der Waals surface area contributed by atoms with Gasteiger partial charge in [0.05, 0.1) is 0 Å².